The molecule has 0 saturated heterocycles. The highest BCUT2D eigenvalue weighted by Gasteiger charge is 2.35. The molecule has 1 aliphatic heterocycles. The van der Waals surface area contributed by atoms with Gasteiger partial charge in [-0.25, -0.2) is 0 Å². The molecule has 1 aliphatic rings. The summed E-state index contributed by atoms with van der Waals surface area (Å²) in [7, 11) is 0. The summed E-state index contributed by atoms with van der Waals surface area (Å²) in [5, 5.41) is 4.80. The molecule has 4 rings (SSSR count). The number of hydrogen-bond acceptors (Lipinski definition) is 3. The van der Waals surface area contributed by atoms with E-state index >= 15 is 0 Å². The summed E-state index contributed by atoms with van der Waals surface area (Å²) >= 11 is 5.88. The van der Waals surface area contributed by atoms with Crippen LogP contribution in [0.2, 0.25) is 5.02 Å². The quantitative estimate of drug-likeness (QED) is 0.617. The van der Waals surface area contributed by atoms with Crippen molar-refractivity contribution in [3.05, 3.63) is 95.0 Å². The van der Waals surface area contributed by atoms with Crippen molar-refractivity contribution in [1.29, 1.82) is 0 Å². The van der Waals surface area contributed by atoms with E-state index in [9.17, 15) is 4.79 Å². The standard InChI is InChI=1S/C21H15ClN2O2/c22-16-12-10-15(11-13-16)14-26-23-20-18-8-4-5-9-19(18)24(21(20)25)17-6-2-1-3-7-17/h1-13H,14H2/b23-20+. The van der Waals surface area contributed by atoms with Crippen molar-refractivity contribution in [2.45, 2.75) is 6.61 Å². The Morgan fingerprint density at radius 2 is 1.58 bits per heavy atom. The lowest BCUT2D eigenvalue weighted by molar-refractivity contribution is -0.111. The monoisotopic (exact) mass is 362 g/mol. The van der Waals surface area contributed by atoms with Gasteiger partial charge in [0.1, 0.15) is 6.61 Å². The maximum absolute atomic E-state index is 12.9. The summed E-state index contributed by atoms with van der Waals surface area (Å²) in [6.45, 7) is 0.265. The third-order valence-electron chi connectivity index (χ3n) is 4.12. The van der Waals surface area contributed by atoms with Gasteiger partial charge >= 0.3 is 0 Å². The molecule has 1 amide bonds. The Balaban J connectivity index is 1.62. The van der Waals surface area contributed by atoms with Crippen molar-refractivity contribution < 1.29 is 9.63 Å². The number of anilines is 2. The first-order valence-electron chi connectivity index (χ1n) is 8.17. The van der Waals surface area contributed by atoms with Crippen LogP contribution in [-0.2, 0) is 16.2 Å². The topological polar surface area (TPSA) is 41.9 Å². The highest BCUT2D eigenvalue weighted by atomic mass is 35.5. The number of halogens is 1. The second-order valence-corrected chi connectivity index (χ2v) is 6.27. The molecule has 3 aromatic carbocycles. The minimum Gasteiger partial charge on any atom is -0.390 e. The average molecular weight is 363 g/mol. The minimum absolute atomic E-state index is 0.200. The summed E-state index contributed by atoms with van der Waals surface area (Å²) in [5.41, 5.74) is 3.60. The number of hydrogen-bond donors (Lipinski definition) is 0. The van der Waals surface area contributed by atoms with Gasteiger partial charge in [0.05, 0.1) is 5.69 Å². The fraction of sp³-hybridized carbons (Fsp3) is 0.0476. The molecule has 0 atom stereocenters. The molecular formula is C21H15ClN2O2. The van der Waals surface area contributed by atoms with Gasteiger partial charge < -0.3 is 4.84 Å². The van der Waals surface area contributed by atoms with E-state index in [0.717, 1.165) is 22.5 Å². The van der Waals surface area contributed by atoms with Crippen LogP contribution in [0.4, 0.5) is 11.4 Å². The van der Waals surface area contributed by atoms with Crippen molar-refractivity contribution in [2.24, 2.45) is 5.16 Å². The normalized spacial score (nSPS) is 14.6. The summed E-state index contributed by atoms with van der Waals surface area (Å²) in [4.78, 5) is 20.1. The van der Waals surface area contributed by atoms with E-state index in [1.807, 2.05) is 66.7 Å². The molecule has 0 fully saturated rings. The van der Waals surface area contributed by atoms with Crippen molar-refractivity contribution in [3.63, 3.8) is 0 Å². The molecule has 5 heteroatoms. The molecule has 128 valence electrons. The first-order valence-corrected chi connectivity index (χ1v) is 8.55. The zero-order chi connectivity index (χ0) is 17.9. The first-order chi connectivity index (χ1) is 12.7. The molecule has 0 aromatic heterocycles. The number of fused-ring (bicyclic) bond motifs is 1. The maximum Gasteiger partial charge on any atom is 0.285 e. The van der Waals surface area contributed by atoms with E-state index in [2.05, 4.69) is 5.16 Å². The van der Waals surface area contributed by atoms with Crippen LogP contribution in [0, 0.1) is 0 Å². The molecule has 0 spiro atoms. The van der Waals surface area contributed by atoms with E-state index < -0.39 is 0 Å². The third-order valence-corrected chi connectivity index (χ3v) is 4.37. The van der Waals surface area contributed by atoms with Crippen molar-refractivity contribution in [3.8, 4) is 0 Å². The number of para-hydroxylation sites is 2. The Kier molecular flexibility index (Phi) is 4.42. The molecule has 4 nitrogen and oxygen atoms in total. The molecule has 0 N–H and O–H groups in total. The predicted octanol–water partition coefficient (Wildman–Crippen LogP) is 4.94. The van der Waals surface area contributed by atoms with Gasteiger partial charge in [0.15, 0.2) is 5.71 Å². The van der Waals surface area contributed by atoms with Crippen molar-refractivity contribution in [1.82, 2.24) is 0 Å². The van der Waals surface area contributed by atoms with Crippen LogP contribution in [0.3, 0.4) is 0 Å². The SMILES string of the molecule is O=C1/C(=N/OCc2ccc(Cl)cc2)c2ccccc2N1c1ccccc1. The zero-order valence-electron chi connectivity index (χ0n) is 13.8. The molecule has 0 bridgehead atoms. The van der Waals surface area contributed by atoms with Crippen LogP contribution in [0.15, 0.2) is 84.0 Å². The van der Waals surface area contributed by atoms with Crippen LogP contribution in [-0.4, -0.2) is 11.6 Å². The van der Waals surface area contributed by atoms with Gasteiger partial charge in [0.2, 0.25) is 0 Å². The van der Waals surface area contributed by atoms with Gasteiger partial charge in [0, 0.05) is 16.3 Å². The number of benzene rings is 3. The van der Waals surface area contributed by atoms with Crippen LogP contribution in [0.1, 0.15) is 11.1 Å². The lowest BCUT2D eigenvalue weighted by Crippen LogP contribution is -2.25. The van der Waals surface area contributed by atoms with E-state index in [1.54, 1.807) is 17.0 Å². The number of nitrogens with zero attached hydrogens (tertiary/aromatic N) is 2. The molecule has 26 heavy (non-hydrogen) atoms. The van der Waals surface area contributed by atoms with E-state index in [4.69, 9.17) is 16.4 Å². The maximum atomic E-state index is 12.9. The second kappa shape index (κ2) is 7.02. The van der Waals surface area contributed by atoms with Crippen LogP contribution in [0.25, 0.3) is 0 Å². The number of oxime groups is 1. The highest BCUT2D eigenvalue weighted by Crippen LogP contribution is 2.35. The van der Waals surface area contributed by atoms with Gasteiger partial charge in [-0.05, 0) is 35.9 Å². The fourth-order valence-corrected chi connectivity index (χ4v) is 3.00. The second-order valence-electron chi connectivity index (χ2n) is 5.83. The van der Waals surface area contributed by atoms with E-state index in [0.29, 0.717) is 10.7 Å². The number of amides is 1. The van der Waals surface area contributed by atoms with Crippen LogP contribution >= 0.6 is 11.6 Å². The summed E-state index contributed by atoms with van der Waals surface area (Å²) < 4.78 is 0. The Bertz CT molecular complexity index is 969. The number of rotatable bonds is 4. The summed E-state index contributed by atoms with van der Waals surface area (Å²) in [6, 6.07) is 24.4. The predicted molar refractivity (Wildman–Crippen MR) is 103 cm³/mol. The molecule has 0 radical (unpaired) electrons. The average Bonchev–Trinajstić information content (AvgIpc) is 2.96. The van der Waals surface area contributed by atoms with Crippen molar-refractivity contribution in [2.75, 3.05) is 4.90 Å². The molecule has 0 aliphatic carbocycles. The Morgan fingerprint density at radius 1 is 0.885 bits per heavy atom. The summed E-state index contributed by atoms with van der Waals surface area (Å²) in [5.74, 6) is -0.200. The molecular weight excluding hydrogens is 348 g/mol. The molecule has 0 unspecified atom stereocenters. The molecule has 0 saturated carbocycles. The van der Waals surface area contributed by atoms with Crippen LogP contribution < -0.4 is 4.90 Å². The van der Waals surface area contributed by atoms with Gasteiger partial charge in [-0.1, -0.05) is 65.3 Å². The molecule has 3 aromatic rings. The van der Waals surface area contributed by atoms with Crippen LogP contribution in [0.5, 0.6) is 0 Å². The fourth-order valence-electron chi connectivity index (χ4n) is 2.87. The van der Waals surface area contributed by atoms with Gasteiger partial charge in [-0.15, -0.1) is 0 Å². The largest absolute Gasteiger partial charge is 0.390 e. The van der Waals surface area contributed by atoms with Crippen molar-refractivity contribution >= 4 is 34.6 Å². The lowest BCUT2D eigenvalue weighted by atomic mass is 10.1. The Morgan fingerprint density at radius 3 is 2.35 bits per heavy atom. The van der Waals surface area contributed by atoms with Gasteiger partial charge in [-0.3, -0.25) is 9.69 Å². The summed E-state index contributed by atoms with van der Waals surface area (Å²) in [6.07, 6.45) is 0. The van der Waals surface area contributed by atoms with E-state index in [-0.39, 0.29) is 12.5 Å². The van der Waals surface area contributed by atoms with Gasteiger partial charge in [0.25, 0.3) is 5.91 Å². The Labute approximate surface area is 156 Å². The zero-order valence-corrected chi connectivity index (χ0v) is 14.6. The van der Waals surface area contributed by atoms with Gasteiger partial charge in [-0.2, -0.15) is 0 Å². The third kappa shape index (κ3) is 3.07. The lowest BCUT2D eigenvalue weighted by Gasteiger charge is -2.16. The Hall–Kier alpha value is -3.11. The number of carbonyl (C=O) groups is 1. The first kappa shape index (κ1) is 16.4. The molecule has 1 heterocycles. The minimum atomic E-state index is -0.200. The highest BCUT2D eigenvalue weighted by molar-refractivity contribution is 6.55. The van der Waals surface area contributed by atoms with E-state index in [1.165, 1.54) is 0 Å². The smallest absolute Gasteiger partial charge is 0.285 e. The number of carbonyl (C=O) groups excluding carboxylic acids is 1.